The molecule has 0 aliphatic heterocycles. The van der Waals surface area contributed by atoms with Crippen molar-refractivity contribution < 1.29 is 32.9 Å². The number of aliphatic hydroxyl groups is 1. The first-order valence-corrected chi connectivity index (χ1v) is 33.9. The first-order valence-electron chi connectivity index (χ1n) is 32.4. The van der Waals surface area contributed by atoms with Gasteiger partial charge in [-0.1, -0.05) is 328 Å². The van der Waals surface area contributed by atoms with Crippen LogP contribution < -0.4 is 5.32 Å². The van der Waals surface area contributed by atoms with Crippen molar-refractivity contribution in [2.24, 2.45) is 0 Å². The molecule has 0 aromatic carbocycles. The minimum Gasteiger partial charge on any atom is -0.391 e. The fourth-order valence-electron chi connectivity index (χ4n) is 10.3. The first kappa shape index (κ1) is 71.5. The number of phosphoric ester groups is 1. The molecule has 72 heavy (non-hydrogen) atoms. The van der Waals surface area contributed by atoms with E-state index in [-0.39, 0.29) is 19.1 Å². The van der Waals surface area contributed by atoms with Crippen LogP contribution in [0.4, 0.5) is 0 Å². The molecule has 8 nitrogen and oxygen atoms in total. The topological polar surface area (TPSA) is 105 Å². The summed E-state index contributed by atoms with van der Waals surface area (Å²) in [6.45, 7) is 4.96. The quantitative estimate of drug-likeness (QED) is 0.0318. The fourth-order valence-corrected chi connectivity index (χ4v) is 11.0. The Morgan fingerprint density at radius 3 is 0.931 bits per heavy atom. The summed E-state index contributed by atoms with van der Waals surface area (Å²) in [6.07, 6.45) is 67.5. The van der Waals surface area contributed by atoms with Gasteiger partial charge in [0.05, 0.1) is 39.9 Å². The number of hydrogen-bond acceptors (Lipinski definition) is 5. The average Bonchev–Trinajstić information content (AvgIpc) is 3.34. The van der Waals surface area contributed by atoms with Gasteiger partial charge >= 0.3 is 7.82 Å². The van der Waals surface area contributed by atoms with Gasteiger partial charge in [0.15, 0.2) is 0 Å². The standard InChI is InChI=1S/C63H129N2O6P/c1-6-8-10-12-14-16-18-20-22-24-26-28-30-31-32-33-34-35-37-39-41-43-45-47-49-51-53-55-57-63(67)64-61(60-71-72(68,69)70-59-58-65(3,4)5)62(66)56-54-52-50-48-46-44-42-40-38-36-29-27-25-23-21-19-17-15-13-11-9-7-2/h61-62,66H,6-60H2,1-5H3,(H-,64,67,68,69)/p+1. The predicted octanol–water partition coefficient (Wildman–Crippen LogP) is 20.0. The summed E-state index contributed by atoms with van der Waals surface area (Å²) in [6, 6.07) is -0.756. The minimum absolute atomic E-state index is 0.0793. The third-order valence-corrected chi connectivity index (χ3v) is 16.3. The molecule has 9 heteroatoms. The van der Waals surface area contributed by atoms with Gasteiger partial charge in [-0.05, 0) is 12.8 Å². The molecule has 0 aliphatic rings. The summed E-state index contributed by atoms with van der Waals surface area (Å²) >= 11 is 0. The molecule has 0 aliphatic carbocycles. The lowest BCUT2D eigenvalue weighted by molar-refractivity contribution is -0.870. The number of quaternary nitrogens is 1. The second-order valence-corrected chi connectivity index (χ2v) is 25.3. The Hall–Kier alpha value is -0.500. The molecule has 0 saturated carbocycles. The highest BCUT2D eigenvalue weighted by Gasteiger charge is 2.28. The van der Waals surface area contributed by atoms with E-state index >= 15 is 0 Å². The summed E-state index contributed by atoms with van der Waals surface area (Å²) in [5, 5.41) is 14.1. The van der Waals surface area contributed by atoms with Crippen LogP contribution in [-0.2, 0) is 18.4 Å². The van der Waals surface area contributed by atoms with Crippen LogP contribution in [0, 0.1) is 0 Å². The largest absolute Gasteiger partial charge is 0.472 e. The van der Waals surface area contributed by atoms with Crippen LogP contribution in [0.2, 0.25) is 0 Å². The lowest BCUT2D eigenvalue weighted by Crippen LogP contribution is -2.46. The van der Waals surface area contributed by atoms with E-state index in [0.717, 1.165) is 38.5 Å². The van der Waals surface area contributed by atoms with Gasteiger partial charge < -0.3 is 19.8 Å². The summed E-state index contributed by atoms with van der Waals surface area (Å²) in [4.78, 5) is 23.4. The summed E-state index contributed by atoms with van der Waals surface area (Å²) in [7, 11) is 1.64. The number of unbranched alkanes of at least 4 members (excludes halogenated alkanes) is 48. The number of carbonyl (C=O) groups excluding carboxylic acids is 1. The third-order valence-electron chi connectivity index (χ3n) is 15.4. The zero-order chi connectivity index (χ0) is 52.7. The first-order chi connectivity index (χ1) is 35.0. The molecule has 0 saturated heterocycles. The van der Waals surface area contributed by atoms with Crippen molar-refractivity contribution in [3.05, 3.63) is 0 Å². The van der Waals surface area contributed by atoms with Crippen LogP contribution in [0.25, 0.3) is 0 Å². The molecule has 0 radical (unpaired) electrons. The Kier molecular flexibility index (Phi) is 54.9. The Bertz CT molecular complexity index is 1140. The van der Waals surface area contributed by atoms with E-state index in [4.69, 9.17) is 9.05 Å². The van der Waals surface area contributed by atoms with Crippen molar-refractivity contribution in [3.8, 4) is 0 Å². The van der Waals surface area contributed by atoms with Crippen LogP contribution in [0.15, 0.2) is 0 Å². The molecule has 0 aromatic rings. The third kappa shape index (κ3) is 57.2. The Labute approximate surface area is 450 Å². The molecule has 0 aromatic heterocycles. The number of hydrogen-bond donors (Lipinski definition) is 3. The monoisotopic (exact) mass is 1040 g/mol. The SMILES string of the molecule is CCCCCCCCCCCCCCCCCCCCCCCCCCCCCCC(=O)NC(COP(=O)(O)OCC[N+](C)(C)C)C(O)CCCCCCCCCCCCCCCCCCCCCCCC. The average molecular weight is 1040 g/mol. The van der Waals surface area contributed by atoms with Crippen molar-refractivity contribution in [2.75, 3.05) is 40.9 Å². The van der Waals surface area contributed by atoms with Crippen molar-refractivity contribution in [3.63, 3.8) is 0 Å². The Balaban J connectivity index is 4.03. The van der Waals surface area contributed by atoms with E-state index in [1.807, 2.05) is 21.1 Å². The Morgan fingerprint density at radius 2 is 0.667 bits per heavy atom. The van der Waals surface area contributed by atoms with Crippen LogP contribution in [0.3, 0.4) is 0 Å². The molecule has 0 bridgehead atoms. The van der Waals surface area contributed by atoms with Gasteiger partial charge in [0.2, 0.25) is 5.91 Å². The number of likely N-dealkylation sites (N-methyl/N-ethyl adjacent to an activating group) is 1. The normalized spacial score (nSPS) is 13.7. The smallest absolute Gasteiger partial charge is 0.391 e. The molecule has 0 heterocycles. The summed E-state index contributed by atoms with van der Waals surface area (Å²) in [5.74, 6) is -0.134. The van der Waals surface area contributed by atoms with Gasteiger partial charge in [-0.3, -0.25) is 13.8 Å². The molecule has 3 unspecified atom stereocenters. The highest BCUT2D eigenvalue weighted by molar-refractivity contribution is 7.47. The van der Waals surface area contributed by atoms with Crippen molar-refractivity contribution in [1.82, 2.24) is 5.32 Å². The number of aliphatic hydroxyl groups excluding tert-OH is 1. The number of rotatable bonds is 61. The summed E-state index contributed by atoms with van der Waals surface area (Å²) < 4.78 is 23.9. The summed E-state index contributed by atoms with van der Waals surface area (Å²) in [5.41, 5.74) is 0. The van der Waals surface area contributed by atoms with E-state index in [1.54, 1.807) is 0 Å². The minimum atomic E-state index is -4.32. The fraction of sp³-hybridized carbons (Fsp3) is 0.984. The lowest BCUT2D eigenvalue weighted by atomic mass is 10.0. The van der Waals surface area contributed by atoms with E-state index < -0.39 is 20.0 Å². The molecule has 432 valence electrons. The second kappa shape index (κ2) is 55.3. The molecule has 0 fully saturated rings. The van der Waals surface area contributed by atoms with Gasteiger partial charge in [0, 0.05) is 6.42 Å². The van der Waals surface area contributed by atoms with E-state index in [9.17, 15) is 19.4 Å². The molecular formula is C63H130N2O6P+. The maximum Gasteiger partial charge on any atom is 0.472 e. The predicted molar refractivity (Wildman–Crippen MR) is 314 cm³/mol. The van der Waals surface area contributed by atoms with Crippen LogP contribution >= 0.6 is 7.82 Å². The van der Waals surface area contributed by atoms with Crippen LogP contribution in [0.1, 0.15) is 348 Å². The Morgan fingerprint density at radius 1 is 0.417 bits per heavy atom. The van der Waals surface area contributed by atoms with Crippen LogP contribution in [-0.4, -0.2) is 73.4 Å². The van der Waals surface area contributed by atoms with Crippen molar-refractivity contribution in [1.29, 1.82) is 0 Å². The molecule has 0 spiro atoms. The van der Waals surface area contributed by atoms with Crippen molar-refractivity contribution >= 4 is 13.7 Å². The van der Waals surface area contributed by atoms with Gasteiger partial charge in [-0.15, -0.1) is 0 Å². The molecular weight excluding hydrogens is 912 g/mol. The van der Waals surface area contributed by atoms with Gasteiger partial charge in [-0.2, -0.15) is 0 Å². The zero-order valence-corrected chi connectivity index (χ0v) is 50.4. The highest BCUT2D eigenvalue weighted by Crippen LogP contribution is 2.43. The maximum atomic E-state index is 13.0. The second-order valence-electron chi connectivity index (χ2n) is 23.9. The van der Waals surface area contributed by atoms with Gasteiger partial charge in [-0.25, -0.2) is 4.57 Å². The number of phosphoric acid groups is 1. The van der Waals surface area contributed by atoms with E-state index in [2.05, 4.69) is 19.2 Å². The number of nitrogens with one attached hydrogen (secondary N) is 1. The molecule has 0 rings (SSSR count). The van der Waals surface area contributed by atoms with Crippen LogP contribution in [0.5, 0.6) is 0 Å². The van der Waals surface area contributed by atoms with Gasteiger partial charge in [0.25, 0.3) is 0 Å². The van der Waals surface area contributed by atoms with E-state index in [0.29, 0.717) is 23.9 Å². The molecule has 3 N–H and O–H groups in total. The molecule has 3 atom stereocenters. The molecule has 1 amide bonds. The maximum absolute atomic E-state index is 13.0. The number of amides is 1. The number of carbonyl (C=O) groups is 1. The highest BCUT2D eigenvalue weighted by atomic mass is 31.2. The number of nitrogens with zero attached hydrogens (tertiary/aromatic N) is 1. The van der Waals surface area contributed by atoms with Crippen molar-refractivity contribution in [2.45, 2.75) is 360 Å². The van der Waals surface area contributed by atoms with E-state index in [1.165, 1.54) is 283 Å². The van der Waals surface area contributed by atoms with Gasteiger partial charge in [0.1, 0.15) is 13.2 Å². The lowest BCUT2D eigenvalue weighted by Gasteiger charge is -2.26. The zero-order valence-electron chi connectivity index (χ0n) is 49.5.